The predicted octanol–water partition coefficient (Wildman–Crippen LogP) is 4.11. The molecule has 4 rings (SSSR count). The quantitative estimate of drug-likeness (QED) is 0.771. The molecule has 126 valence electrons. The van der Waals surface area contributed by atoms with Crippen LogP contribution >= 0.6 is 11.8 Å². The van der Waals surface area contributed by atoms with Crippen LogP contribution in [0.15, 0.2) is 54.6 Å². The Labute approximate surface area is 151 Å². The van der Waals surface area contributed by atoms with Crippen LogP contribution in [0.3, 0.4) is 0 Å². The number of nitrogens with zero attached hydrogens (tertiary/aromatic N) is 2. The van der Waals surface area contributed by atoms with E-state index >= 15 is 0 Å². The van der Waals surface area contributed by atoms with Crippen LogP contribution in [0.25, 0.3) is 5.69 Å². The van der Waals surface area contributed by atoms with E-state index in [1.807, 2.05) is 58.9 Å². The number of thioether (sulfide) groups is 1. The lowest BCUT2D eigenvalue weighted by Gasteiger charge is -2.11. The topological polar surface area (TPSA) is 46.9 Å². The molecule has 1 aromatic heterocycles. The highest BCUT2D eigenvalue weighted by atomic mass is 32.2. The van der Waals surface area contributed by atoms with Crippen LogP contribution in [0, 0.1) is 6.92 Å². The van der Waals surface area contributed by atoms with Crippen molar-refractivity contribution in [2.45, 2.75) is 24.9 Å². The maximum absolute atomic E-state index is 12.6. The molecular weight excluding hydrogens is 330 g/mol. The maximum atomic E-state index is 12.6. The molecule has 0 aliphatic carbocycles. The van der Waals surface area contributed by atoms with Gasteiger partial charge in [-0.15, -0.1) is 0 Å². The lowest BCUT2D eigenvalue weighted by molar-refractivity contribution is -0.115. The Balaban J connectivity index is 1.65. The third-order valence-corrected chi connectivity index (χ3v) is 5.23. The van der Waals surface area contributed by atoms with Gasteiger partial charge in [0.25, 0.3) is 0 Å². The molecule has 0 bridgehead atoms. The fourth-order valence-electron chi connectivity index (χ4n) is 3.05. The highest BCUT2D eigenvalue weighted by molar-refractivity contribution is 7.98. The smallest absolute Gasteiger partial charge is 0.229 e. The van der Waals surface area contributed by atoms with Crippen molar-refractivity contribution in [3.63, 3.8) is 0 Å². The summed E-state index contributed by atoms with van der Waals surface area (Å²) in [6, 6.07) is 18.0. The Morgan fingerprint density at radius 2 is 2.00 bits per heavy atom. The first kappa shape index (κ1) is 16.0. The Bertz CT molecular complexity index is 918. The Hall–Kier alpha value is -2.53. The molecule has 2 heterocycles. The third-order valence-electron chi connectivity index (χ3n) is 4.26. The van der Waals surface area contributed by atoms with E-state index in [-0.39, 0.29) is 5.91 Å². The number of amides is 1. The van der Waals surface area contributed by atoms with Crippen molar-refractivity contribution < 1.29 is 4.79 Å². The van der Waals surface area contributed by atoms with Gasteiger partial charge in [0.2, 0.25) is 5.91 Å². The van der Waals surface area contributed by atoms with Crippen molar-refractivity contribution in [1.82, 2.24) is 9.78 Å². The summed E-state index contributed by atoms with van der Waals surface area (Å²) in [6.07, 6.45) is 0.363. The number of benzene rings is 2. The number of hydrogen-bond donors (Lipinski definition) is 1. The minimum absolute atomic E-state index is 0.0142. The molecule has 1 N–H and O–H groups in total. The molecule has 25 heavy (non-hydrogen) atoms. The average Bonchev–Trinajstić information content (AvgIpc) is 3.18. The van der Waals surface area contributed by atoms with Crippen molar-refractivity contribution in [2.24, 2.45) is 0 Å². The zero-order valence-corrected chi connectivity index (χ0v) is 14.8. The van der Waals surface area contributed by atoms with Crippen LogP contribution in [0.2, 0.25) is 0 Å². The van der Waals surface area contributed by atoms with Gasteiger partial charge < -0.3 is 5.32 Å². The van der Waals surface area contributed by atoms with Gasteiger partial charge in [0.15, 0.2) is 0 Å². The number of aryl methyl sites for hydroxylation is 1. The molecule has 0 unspecified atom stereocenters. The monoisotopic (exact) mass is 349 g/mol. The standard InChI is InChI=1S/C20H19N3OS/c1-14-6-5-9-16(10-14)23-20(17-12-25-13-18(17)22-23)21-19(24)11-15-7-3-2-4-8-15/h2-10H,11-13H2,1H3,(H,21,24). The molecule has 0 spiro atoms. The normalized spacial score (nSPS) is 12.8. The first-order chi connectivity index (χ1) is 12.2. The number of nitrogens with one attached hydrogen (secondary N) is 1. The SMILES string of the molecule is Cc1cccc(-n2nc3c(c2NC(=O)Cc2ccccc2)CSC3)c1. The number of anilines is 1. The summed E-state index contributed by atoms with van der Waals surface area (Å²) >= 11 is 1.83. The fraction of sp³-hybridized carbons (Fsp3) is 0.200. The number of aromatic nitrogens is 2. The molecule has 4 nitrogen and oxygen atoms in total. The van der Waals surface area contributed by atoms with Gasteiger partial charge in [-0.05, 0) is 30.2 Å². The van der Waals surface area contributed by atoms with E-state index in [9.17, 15) is 4.79 Å². The molecule has 1 amide bonds. The predicted molar refractivity (Wildman–Crippen MR) is 102 cm³/mol. The number of fused-ring (bicyclic) bond motifs is 1. The number of carbonyl (C=O) groups excluding carboxylic acids is 1. The zero-order valence-electron chi connectivity index (χ0n) is 14.0. The first-order valence-corrected chi connectivity index (χ1v) is 9.45. The largest absolute Gasteiger partial charge is 0.310 e. The molecule has 0 radical (unpaired) electrons. The second-order valence-electron chi connectivity index (χ2n) is 6.23. The van der Waals surface area contributed by atoms with Crippen LogP contribution in [-0.2, 0) is 22.7 Å². The Kier molecular flexibility index (Phi) is 4.32. The number of hydrogen-bond acceptors (Lipinski definition) is 3. The minimum Gasteiger partial charge on any atom is -0.310 e. The van der Waals surface area contributed by atoms with E-state index in [1.165, 1.54) is 5.56 Å². The maximum Gasteiger partial charge on any atom is 0.229 e. The van der Waals surface area contributed by atoms with Gasteiger partial charge in [-0.1, -0.05) is 42.5 Å². The summed E-state index contributed by atoms with van der Waals surface area (Å²) in [5, 5.41) is 7.85. The molecule has 0 saturated heterocycles. The van der Waals surface area contributed by atoms with Crippen molar-refractivity contribution in [1.29, 1.82) is 0 Å². The van der Waals surface area contributed by atoms with Crippen molar-refractivity contribution in [3.8, 4) is 5.69 Å². The van der Waals surface area contributed by atoms with Crippen molar-refractivity contribution in [3.05, 3.63) is 77.0 Å². The van der Waals surface area contributed by atoms with E-state index in [4.69, 9.17) is 5.10 Å². The lowest BCUT2D eigenvalue weighted by Crippen LogP contribution is -2.18. The zero-order chi connectivity index (χ0) is 17.2. The Morgan fingerprint density at radius 1 is 1.16 bits per heavy atom. The summed E-state index contributed by atoms with van der Waals surface area (Å²) in [6.45, 7) is 2.06. The van der Waals surface area contributed by atoms with Crippen LogP contribution in [0.4, 0.5) is 5.82 Å². The van der Waals surface area contributed by atoms with E-state index in [1.54, 1.807) is 0 Å². The number of carbonyl (C=O) groups is 1. The average molecular weight is 349 g/mol. The van der Waals surface area contributed by atoms with E-state index in [0.717, 1.165) is 39.8 Å². The molecule has 0 atom stereocenters. The molecule has 0 fully saturated rings. The summed E-state index contributed by atoms with van der Waals surface area (Å²) in [5.41, 5.74) is 5.38. The van der Waals surface area contributed by atoms with Crippen LogP contribution in [0.5, 0.6) is 0 Å². The fourth-order valence-corrected chi connectivity index (χ4v) is 4.08. The van der Waals surface area contributed by atoms with Gasteiger partial charge in [0, 0.05) is 17.1 Å². The molecule has 1 aliphatic heterocycles. The summed E-state index contributed by atoms with van der Waals surface area (Å²) in [5.74, 6) is 2.59. The van der Waals surface area contributed by atoms with Crippen LogP contribution in [-0.4, -0.2) is 15.7 Å². The molecule has 2 aromatic carbocycles. The second-order valence-corrected chi connectivity index (χ2v) is 7.21. The van der Waals surface area contributed by atoms with Gasteiger partial charge in [-0.3, -0.25) is 4.79 Å². The van der Waals surface area contributed by atoms with Crippen molar-refractivity contribution in [2.75, 3.05) is 5.32 Å². The van der Waals surface area contributed by atoms with Gasteiger partial charge in [0.05, 0.1) is 17.8 Å². The lowest BCUT2D eigenvalue weighted by atomic mass is 10.1. The van der Waals surface area contributed by atoms with E-state index in [0.29, 0.717) is 6.42 Å². The van der Waals surface area contributed by atoms with E-state index in [2.05, 4.69) is 24.4 Å². The Morgan fingerprint density at radius 3 is 2.80 bits per heavy atom. The van der Waals surface area contributed by atoms with Crippen LogP contribution < -0.4 is 5.32 Å². The third kappa shape index (κ3) is 3.33. The highest BCUT2D eigenvalue weighted by Crippen LogP contribution is 2.36. The molecule has 0 saturated carbocycles. The summed E-state index contributed by atoms with van der Waals surface area (Å²) < 4.78 is 1.88. The van der Waals surface area contributed by atoms with Crippen molar-refractivity contribution >= 4 is 23.5 Å². The second kappa shape index (κ2) is 6.76. The molecular formula is C20H19N3OS. The molecule has 1 aliphatic rings. The minimum atomic E-state index is -0.0142. The van der Waals surface area contributed by atoms with Gasteiger partial charge in [-0.2, -0.15) is 16.9 Å². The summed E-state index contributed by atoms with van der Waals surface area (Å²) in [4.78, 5) is 12.6. The van der Waals surface area contributed by atoms with Gasteiger partial charge >= 0.3 is 0 Å². The van der Waals surface area contributed by atoms with Crippen LogP contribution in [0.1, 0.15) is 22.4 Å². The molecule has 5 heteroatoms. The summed E-state index contributed by atoms with van der Waals surface area (Å²) in [7, 11) is 0. The van der Waals surface area contributed by atoms with Gasteiger partial charge in [-0.25, -0.2) is 4.68 Å². The van der Waals surface area contributed by atoms with Gasteiger partial charge in [0.1, 0.15) is 5.82 Å². The first-order valence-electron chi connectivity index (χ1n) is 8.30. The molecule has 3 aromatic rings. The highest BCUT2D eigenvalue weighted by Gasteiger charge is 2.24. The van der Waals surface area contributed by atoms with E-state index < -0.39 is 0 Å². The number of rotatable bonds is 4.